The van der Waals surface area contributed by atoms with Gasteiger partial charge in [0.2, 0.25) is 0 Å². The maximum atomic E-state index is 13.0. The Morgan fingerprint density at radius 1 is 0.900 bits per heavy atom. The molecule has 0 aliphatic rings. The van der Waals surface area contributed by atoms with E-state index in [1.807, 2.05) is 38.1 Å². The summed E-state index contributed by atoms with van der Waals surface area (Å²) in [6.45, 7) is 6.15. The van der Waals surface area contributed by atoms with Crippen molar-refractivity contribution in [1.29, 1.82) is 0 Å². The number of aryl methyl sites for hydroxylation is 3. The van der Waals surface area contributed by atoms with Crippen molar-refractivity contribution in [3.8, 4) is 0 Å². The Labute approximate surface area is 178 Å². The fourth-order valence-corrected chi connectivity index (χ4v) is 4.49. The molecule has 30 heavy (non-hydrogen) atoms. The quantitative estimate of drug-likeness (QED) is 0.642. The van der Waals surface area contributed by atoms with Crippen LogP contribution < -0.4 is 9.62 Å². The number of hydrogen-bond acceptors (Lipinski definition) is 3. The molecule has 1 N–H and O–H groups in total. The molecule has 6 heteroatoms. The first-order valence-corrected chi connectivity index (χ1v) is 11.1. The van der Waals surface area contributed by atoms with Crippen LogP contribution >= 0.6 is 0 Å². The van der Waals surface area contributed by atoms with Gasteiger partial charge >= 0.3 is 0 Å². The number of carbonyl (C=O) groups excluding carboxylic acids is 1. The Morgan fingerprint density at radius 3 is 2.20 bits per heavy atom. The number of carbonyl (C=O) groups is 1. The summed E-state index contributed by atoms with van der Waals surface area (Å²) in [5.74, 6) is -0.197. The minimum absolute atomic E-state index is 0.197. The van der Waals surface area contributed by atoms with Crippen LogP contribution in [0, 0.1) is 20.8 Å². The molecule has 3 aromatic rings. The molecule has 0 aromatic heterocycles. The number of sulfonamides is 1. The van der Waals surface area contributed by atoms with E-state index in [0.717, 1.165) is 16.7 Å². The highest BCUT2D eigenvalue weighted by atomic mass is 32.2. The number of anilines is 1. The van der Waals surface area contributed by atoms with E-state index in [0.29, 0.717) is 23.4 Å². The Morgan fingerprint density at radius 2 is 1.57 bits per heavy atom. The summed E-state index contributed by atoms with van der Waals surface area (Å²) in [6, 6.07) is 19.7. The summed E-state index contributed by atoms with van der Waals surface area (Å²) < 4.78 is 27.2. The van der Waals surface area contributed by atoms with Crippen LogP contribution in [0.25, 0.3) is 0 Å². The SMILES string of the molecule is Cc1ccc(S(=O)(=O)N(C)c2ccc(C(=O)NCc3ccccc3C)cc2C)cc1. The summed E-state index contributed by atoms with van der Waals surface area (Å²) >= 11 is 0. The van der Waals surface area contributed by atoms with E-state index in [1.54, 1.807) is 49.4 Å². The molecule has 0 unspecified atom stereocenters. The predicted molar refractivity (Wildman–Crippen MR) is 120 cm³/mol. The van der Waals surface area contributed by atoms with Gasteiger partial charge in [-0.3, -0.25) is 9.10 Å². The molecule has 0 atom stereocenters. The lowest BCUT2D eigenvalue weighted by Crippen LogP contribution is -2.28. The third-order valence-electron chi connectivity index (χ3n) is 5.18. The molecule has 156 valence electrons. The fourth-order valence-electron chi connectivity index (χ4n) is 3.23. The van der Waals surface area contributed by atoms with Crippen LogP contribution in [0.4, 0.5) is 5.69 Å². The summed E-state index contributed by atoms with van der Waals surface area (Å²) in [5, 5.41) is 2.92. The molecular formula is C24H26N2O3S. The van der Waals surface area contributed by atoms with Gasteiger partial charge < -0.3 is 5.32 Å². The summed E-state index contributed by atoms with van der Waals surface area (Å²) in [6.07, 6.45) is 0. The highest BCUT2D eigenvalue weighted by molar-refractivity contribution is 7.92. The van der Waals surface area contributed by atoms with Crippen molar-refractivity contribution < 1.29 is 13.2 Å². The monoisotopic (exact) mass is 422 g/mol. The highest BCUT2D eigenvalue weighted by Crippen LogP contribution is 2.26. The van der Waals surface area contributed by atoms with Gasteiger partial charge in [-0.1, -0.05) is 42.0 Å². The lowest BCUT2D eigenvalue weighted by atomic mass is 10.1. The number of hydrogen-bond donors (Lipinski definition) is 1. The third kappa shape index (κ3) is 4.54. The van der Waals surface area contributed by atoms with Crippen LogP contribution in [0.5, 0.6) is 0 Å². The first kappa shape index (κ1) is 21.6. The van der Waals surface area contributed by atoms with Crippen LogP contribution in [0.15, 0.2) is 71.6 Å². The number of benzene rings is 3. The topological polar surface area (TPSA) is 66.5 Å². The number of nitrogens with zero attached hydrogens (tertiary/aromatic N) is 1. The van der Waals surface area contributed by atoms with E-state index in [2.05, 4.69) is 5.32 Å². The molecule has 3 rings (SSSR count). The van der Waals surface area contributed by atoms with E-state index in [-0.39, 0.29) is 10.8 Å². The molecule has 0 aliphatic carbocycles. The van der Waals surface area contributed by atoms with E-state index >= 15 is 0 Å². The maximum Gasteiger partial charge on any atom is 0.264 e. The Bertz CT molecular complexity index is 1170. The average Bonchev–Trinajstić information content (AvgIpc) is 2.72. The molecule has 5 nitrogen and oxygen atoms in total. The predicted octanol–water partition coefficient (Wildman–Crippen LogP) is 4.37. The average molecular weight is 423 g/mol. The van der Waals surface area contributed by atoms with E-state index in [1.165, 1.54) is 11.4 Å². The van der Waals surface area contributed by atoms with Gasteiger partial charge in [-0.25, -0.2) is 8.42 Å². The van der Waals surface area contributed by atoms with Gasteiger partial charge in [0.05, 0.1) is 10.6 Å². The van der Waals surface area contributed by atoms with Gasteiger partial charge in [0, 0.05) is 19.2 Å². The molecule has 1 amide bonds. The van der Waals surface area contributed by atoms with Crippen LogP contribution in [0.2, 0.25) is 0 Å². The summed E-state index contributed by atoms with van der Waals surface area (Å²) in [5.41, 5.74) is 4.90. The van der Waals surface area contributed by atoms with Crippen molar-refractivity contribution in [1.82, 2.24) is 5.32 Å². The molecule has 0 saturated carbocycles. The van der Waals surface area contributed by atoms with Gasteiger partial charge in [-0.2, -0.15) is 0 Å². The molecule has 0 bridgehead atoms. The molecule has 0 radical (unpaired) electrons. The van der Waals surface area contributed by atoms with E-state index in [9.17, 15) is 13.2 Å². The molecule has 0 heterocycles. The third-order valence-corrected chi connectivity index (χ3v) is 6.96. The van der Waals surface area contributed by atoms with Gasteiger partial charge in [0.25, 0.3) is 15.9 Å². The Kier molecular flexibility index (Phi) is 6.27. The first-order chi connectivity index (χ1) is 14.2. The van der Waals surface area contributed by atoms with Crippen molar-refractivity contribution in [2.24, 2.45) is 0 Å². The molecule has 3 aromatic carbocycles. The molecular weight excluding hydrogens is 396 g/mol. The molecule has 0 spiro atoms. The number of rotatable bonds is 6. The zero-order chi connectivity index (χ0) is 21.9. The van der Waals surface area contributed by atoms with Gasteiger partial charge in [-0.05, 0) is 67.8 Å². The molecule has 0 fully saturated rings. The van der Waals surface area contributed by atoms with E-state index in [4.69, 9.17) is 0 Å². The maximum absolute atomic E-state index is 13.0. The van der Waals surface area contributed by atoms with Crippen LogP contribution in [0.3, 0.4) is 0 Å². The lowest BCUT2D eigenvalue weighted by Gasteiger charge is -2.22. The zero-order valence-electron chi connectivity index (χ0n) is 17.6. The Hall–Kier alpha value is -3.12. The largest absolute Gasteiger partial charge is 0.348 e. The van der Waals surface area contributed by atoms with Gasteiger partial charge in [-0.15, -0.1) is 0 Å². The van der Waals surface area contributed by atoms with Gasteiger partial charge in [0.1, 0.15) is 0 Å². The van der Waals surface area contributed by atoms with Crippen LogP contribution in [-0.4, -0.2) is 21.4 Å². The van der Waals surface area contributed by atoms with Crippen LogP contribution in [0.1, 0.15) is 32.6 Å². The normalized spacial score (nSPS) is 11.2. The van der Waals surface area contributed by atoms with Crippen LogP contribution in [-0.2, 0) is 16.6 Å². The second-order valence-electron chi connectivity index (χ2n) is 7.40. The second-order valence-corrected chi connectivity index (χ2v) is 9.37. The van der Waals surface area contributed by atoms with Crippen molar-refractivity contribution in [2.75, 3.05) is 11.4 Å². The van der Waals surface area contributed by atoms with Gasteiger partial charge in [0.15, 0.2) is 0 Å². The lowest BCUT2D eigenvalue weighted by molar-refractivity contribution is 0.0951. The van der Waals surface area contributed by atoms with Crippen molar-refractivity contribution in [3.63, 3.8) is 0 Å². The Balaban J connectivity index is 1.78. The fraction of sp³-hybridized carbons (Fsp3) is 0.208. The zero-order valence-corrected chi connectivity index (χ0v) is 18.5. The minimum Gasteiger partial charge on any atom is -0.348 e. The summed E-state index contributed by atoms with van der Waals surface area (Å²) in [7, 11) is -2.16. The van der Waals surface area contributed by atoms with Crippen molar-refractivity contribution in [3.05, 3.63) is 94.5 Å². The summed E-state index contributed by atoms with van der Waals surface area (Å²) in [4.78, 5) is 12.8. The van der Waals surface area contributed by atoms with E-state index < -0.39 is 10.0 Å². The molecule has 0 aliphatic heterocycles. The molecule has 0 saturated heterocycles. The smallest absolute Gasteiger partial charge is 0.264 e. The highest BCUT2D eigenvalue weighted by Gasteiger charge is 2.23. The standard InChI is InChI=1S/C24H26N2O3S/c1-17-9-12-22(13-10-17)30(28,29)26(4)23-14-11-20(15-19(23)3)24(27)25-16-21-8-6-5-7-18(21)2/h5-15H,16H2,1-4H3,(H,25,27). The number of amides is 1. The minimum atomic E-state index is -3.68. The second kappa shape index (κ2) is 8.71. The first-order valence-electron chi connectivity index (χ1n) is 9.69. The number of nitrogens with one attached hydrogen (secondary N) is 1. The van der Waals surface area contributed by atoms with Crippen molar-refractivity contribution in [2.45, 2.75) is 32.2 Å². The van der Waals surface area contributed by atoms with Crippen molar-refractivity contribution >= 4 is 21.6 Å².